The van der Waals surface area contributed by atoms with Gasteiger partial charge in [0.2, 0.25) is 5.95 Å². The number of rotatable bonds is 6. The minimum absolute atomic E-state index is 0.0295. The van der Waals surface area contributed by atoms with Gasteiger partial charge in [0.1, 0.15) is 5.75 Å². The Labute approximate surface area is 156 Å². The molecule has 1 N–H and O–H groups in total. The van der Waals surface area contributed by atoms with Gasteiger partial charge in [0, 0.05) is 13.1 Å². The van der Waals surface area contributed by atoms with E-state index in [9.17, 15) is 4.79 Å². The first-order chi connectivity index (χ1) is 13.2. The van der Waals surface area contributed by atoms with Gasteiger partial charge in [0.25, 0.3) is 5.91 Å². The van der Waals surface area contributed by atoms with Crippen LogP contribution in [0.25, 0.3) is 5.69 Å². The minimum atomic E-state index is -0.0295. The molecule has 0 saturated heterocycles. The van der Waals surface area contributed by atoms with Crippen molar-refractivity contribution < 1.29 is 9.53 Å². The molecule has 2 heterocycles. The fourth-order valence-electron chi connectivity index (χ4n) is 2.99. The van der Waals surface area contributed by atoms with E-state index in [1.54, 1.807) is 9.58 Å². The largest absolute Gasteiger partial charge is 0.482 e. The van der Waals surface area contributed by atoms with Crippen LogP contribution in [-0.4, -0.2) is 45.8 Å². The number of fused-ring (bicyclic) bond motifs is 1. The van der Waals surface area contributed by atoms with Crippen molar-refractivity contribution in [2.24, 2.45) is 0 Å². The van der Waals surface area contributed by atoms with Crippen LogP contribution < -0.4 is 15.0 Å². The van der Waals surface area contributed by atoms with Crippen molar-refractivity contribution >= 4 is 17.5 Å². The van der Waals surface area contributed by atoms with Crippen molar-refractivity contribution in [3.8, 4) is 11.4 Å². The number of para-hydroxylation sites is 2. The van der Waals surface area contributed by atoms with Gasteiger partial charge in [-0.2, -0.15) is 4.68 Å². The molecule has 0 bridgehead atoms. The molecule has 1 aliphatic rings. The van der Waals surface area contributed by atoms with Crippen molar-refractivity contribution in [3.05, 3.63) is 54.1 Å². The van der Waals surface area contributed by atoms with E-state index in [1.807, 2.05) is 55.5 Å². The summed E-state index contributed by atoms with van der Waals surface area (Å²) in [4.78, 5) is 14.0. The second-order valence-corrected chi connectivity index (χ2v) is 6.33. The number of nitrogens with zero attached hydrogens (tertiary/aromatic N) is 5. The Morgan fingerprint density at radius 2 is 1.96 bits per heavy atom. The van der Waals surface area contributed by atoms with Crippen LogP contribution in [0.2, 0.25) is 0 Å². The van der Waals surface area contributed by atoms with Crippen LogP contribution in [0.1, 0.15) is 12.0 Å². The number of benzene rings is 2. The number of anilines is 2. The molecular weight excluding hydrogens is 344 g/mol. The summed E-state index contributed by atoms with van der Waals surface area (Å²) in [6, 6.07) is 15.6. The van der Waals surface area contributed by atoms with E-state index in [2.05, 4.69) is 20.8 Å². The highest BCUT2D eigenvalue weighted by Gasteiger charge is 2.24. The number of nitrogens with one attached hydrogen (secondary N) is 1. The monoisotopic (exact) mass is 364 g/mol. The van der Waals surface area contributed by atoms with Crippen LogP contribution in [0.5, 0.6) is 5.75 Å². The summed E-state index contributed by atoms with van der Waals surface area (Å²) < 4.78 is 7.13. The molecule has 0 aliphatic carbocycles. The molecule has 0 spiro atoms. The number of aromatic nitrogens is 4. The highest BCUT2D eigenvalue weighted by Crippen LogP contribution is 2.31. The Balaban J connectivity index is 1.37. The van der Waals surface area contributed by atoms with E-state index < -0.39 is 0 Å². The number of aryl methyl sites for hydroxylation is 1. The van der Waals surface area contributed by atoms with Crippen molar-refractivity contribution in [3.63, 3.8) is 0 Å². The number of carbonyl (C=O) groups is 1. The smallest absolute Gasteiger partial charge is 0.265 e. The van der Waals surface area contributed by atoms with Gasteiger partial charge in [0.05, 0.1) is 11.4 Å². The molecule has 8 heteroatoms. The van der Waals surface area contributed by atoms with E-state index in [0.29, 0.717) is 19.0 Å². The summed E-state index contributed by atoms with van der Waals surface area (Å²) in [5, 5.41) is 15.1. The van der Waals surface area contributed by atoms with Crippen molar-refractivity contribution in [2.45, 2.75) is 13.3 Å². The van der Waals surface area contributed by atoms with Gasteiger partial charge in [-0.3, -0.25) is 4.79 Å². The predicted octanol–water partition coefficient (Wildman–Crippen LogP) is 2.20. The summed E-state index contributed by atoms with van der Waals surface area (Å²) in [6.07, 6.45) is 0.751. The van der Waals surface area contributed by atoms with Gasteiger partial charge in [-0.1, -0.05) is 34.9 Å². The average Bonchev–Trinajstić information content (AvgIpc) is 3.15. The van der Waals surface area contributed by atoms with E-state index >= 15 is 0 Å². The van der Waals surface area contributed by atoms with Gasteiger partial charge in [-0.15, -0.1) is 0 Å². The second-order valence-electron chi connectivity index (χ2n) is 6.33. The zero-order valence-corrected chi connectivity index (χ0v) is 15.0. The van der Waals surface area contributed by atoms with Crippen molar-refractivity contribution in [1.29, 1.82) is 0 Å². The van der Waals surface area contributed by atoms with E-state index in [-0.39, 0.29) is 12.5 Å². The van der Waals surface area contributed by atoms with E-state index in [4.69, 9.17) is 4.74 Å². The van der Waals surface area contributed by atoms with Gasteiger partial charge in [0.15, 0.2) is 6.61 Å². The summed E-state index contributed by atoms with van der Waals surface area (Å²) in [5.41, 5.74) is 2.89. The zero-order chi connectivity index (χ0) is 18.6. The number of amides is 1. The Kier molecular flexibility index (Phi) is 4.69. The van der Waals surface area contributed by atoms with Crippen LogP contribution >= 0.6 is 0 Å². The Bertz CT molecular complexity index is 937. The Morgan fingerprint density at radius 3 is 2.81 bits per heavy atom. The molecule has 0 fully saturated rings. The summed E-state index contributed by atoms with van der Waals surface area (Å²) in [7, 11) is 0. The van der Waals surface area contributed by atoms with E-state index in [0.717, 1.165) is 23.5 Å². The van der Waals surface area contributed by atoms with E-state index in [1.165, 1.54) is 5.56 Å². The van der Waals surface area contributed by atoms with Crippen LogP contribution in [0.3, 0.4) is 0 Å². The molecule has 1 aliphatic heterocycles. The lowest BCUT2D eigenvalue weighted by Crippen LogP contribution is -2.39. The van der Waals surface area contributed by atoms with Gasteiger partial charge in [-0.05, 0) is 48.0 Å². The van der Waals surface area contributed by atoms with Crippen LogP contribution in [0, 0.1) is 6.92 Å². The topological polar surface area (TPSA) is 85.2 Å². The van der Waals surface area contributed by atoms with Crippen molar-refractivity contribution in [2.75, 3.05) is 29.9 Å². The van der Waals surface area contributed by atoms with Gasteiger partial charge < -0.3 is 15.0 Å². The van der Waals surface area contributed by atoms with Crippen LogP contribution in [0.15, 0.2) is 48.5 Å². The highest BCUT2D eigenvalue weighted by atomic mass is 16.5. The molecule has 1 amide bonds. The first kappa shape index (κ1) is 17.0. The number of hydrogen-bond donors (Lipinski definition) is 1. The molecule has 0 radical (unpaired) electrons. The summed E-state index contributed by atoms with van der Waals surface area (Å²) in [6.45, 7) is 3.35. The van der Waals surface area contributed by atoms with Gasteiger partial charge >= 0.3 is 0 Å². The predicted molar refractivity (Wildman–Crippen MR) is 101 cm³/mol. The molecule has 2 aromatic carbocycles. The number of hydrogen-bond acceptors (Lipinski definition) is 6. The molecule has 0 atom stereocenters. The third kappa shape index (κ3) is 3.59. The number of carbonyl (C=O) groups excluding carboxylic acids is 1. The number of ether oxygens (including phenoxy) is 1. The maximum absolute atomic E-state index is 12.2. The molecule has 138 valence electrons. The first-order valence-electron chi connectivity index (χ1n) is 8.84. The molecule has 0 unspecified atom stereocenters. The fraction of sp³-hybridized carbons (Fsp3) is 0.263. The zero-order valence-electron chi connectivity index (χ0n) is 15.0. The molecule has 4 rings (SSSR count). The lowest BCUT2D eigenvalue weighted by Gasteiger charge is -2.29. The molecule has 1 aromatic heterocycles. The lowest BCUT2D eigenvalue weighted by molar-refractivity contribution is -0.121. The fourth-order valence-corrected chi connectivity index (χ4v) is 2.99. The molecule has 0 saturated carbocycles. The SMILES string of the molecule is Cc1ccc(-n2nnnc2NCCCN2C(=O)COc3ccccc32)cc1. The maximum atomic E-state index is 12.2. The second kappa shape index (κ2) is 7.45. The van der Waals surface area contributed by atoms with Crippen molar-refractivity contribution in [1.82, 2.24) is 20.2 Å². The summed E-state index contributed by atoms with van der Waals surface area (Å²) >= 11 is 0. The lowest BCUT2D eigenvalue weighted by atomic mass is 10.2. The number of tetrazole rings is 1. The standard InChI is InChI=1S/C19H20N6O2/c1-14-7-9-15(10-8-14)25-19(21-22-23-25)20-11-4-12-24-16-5-2-3-6-17(16)27-13-18(24)26/h2-3,5-10H,4,11-13H2,1H3,(H,20,21,23). The minimum Gasteiger partial charge on any atom is -0.482 e. The molecule has 27 heavy (non-hydrogen) atoms. The van der Waals surface area contributed by atoms with Gasteiger partial charge in [-0.25, -0.2) is 0 Å². The third-order valence-electron chi connectivity index (χ3n) is 4.40. The maximum Gasteiger partial charge on any atom is 0.265 e. The average molecular weight is 364 g/mol. The third-order valence-corrected chi connectivity index (χ3v) is 4.40. The first-order valence-corrected chi connectivity index (χ1v) is 8.84. The van der Waals surface area contributed by atoms with Crippen LogP contribution in [0.4, 0.5) is 11.6 Å². The Hall–Kier alpha value is -3.42. The quantitative estimate of drug-likeness (QED) is 0.675. The molecule has 3 aromatic rings. The Morgan fingerprint density at radius 1 is 1.15 bits per heavy atom. The van der Waals surface area contributed by atoms with Crippen LogP contribution in [-0.2, 0) is 4.79 Å². The highest BCUT2D eigenvalue weighted by molar-refractivity contribution is 5.97. The molecule has 8 nitrogen and oxygen atoms in total. The summed E-state index contributed by atoms with van der Waals surface area (Å²) in [5.74, 6) is 1.29. The normalized spacial score (nSPS) is 13.2. The molecular formula is C19H20N6O2.